The highest BCUT2D eigenvalue weighted by atomic mass is 35.5. The Balaban J connectivity index is 1.41. The summed E-state index contributed by atoms with van der Waals surface area (Å²) in [5.74, 6) is 0.434. The molecule has 1 fully saturated rings. The molecule has 1 aliphatic heterocycles. The van der Waals surface area contributed by atoms with E-state index in [0.29, 0.717) is 22.9 Å². The number of aromatic nitrogens is 1. The number of nitrogens with zero attached hydrogens (tertiary/aromatic N) is 2. The van der Waals surface area contributed by atoms with E-state index in [1.807, 2.05) is 0 Å². The number of halogens is 3. The summed E-state index contributed by atoms with van der Waals surface area (Å²) >= 11 is 13.7. The van der Waals surface area contributed by atoms with E-state index < -0.39 is 10.0 Å². The highest BCUT2D eigenvalue weighted by Crippen LogP contribution is 2.32. The second-order valence-corrected chi connectivity index (χ2v) is 11.3. The minimum Gasteiger partial charge on any atom is -0.489 e. The Kier molecular flexibility index (Phi) is 7.99. The summed E-state index contributed by atoms with van der Waals surface area (Å²) in [7, 11) is -3.80. The van der Waals surface area contributed by atoms with Crippen molar-refractivity contribution in [3.05, 3.63) is 68.7 Å². The molecule has 2 aromatic carbocycles. The molecule has 1 saturated heterocycles. The fourth-order valence-corrected chi connectivity index (χ4v) is 6.14. The fourth-order valence-electron chi connectivity index (χ4n) is 4.07. The predicted molar refractivity (Wildman–Crippen MR) is 134 cm³/mol. The number of rotatable bonds is 8. The molecule has 2 heterocycles. The minimum absolute atomic E-state index is 0.0302. The zero-order valence-electron chi connectivity index (χ0n) is 18.4. The van der Waals surface area contributed by atoms with Gasteiger partial charge in [-0.15, -0.1) is 11.3 Å². The first-order chi connectivity index (χ1) is 16.2. The van der Waals surface area contributed by atoms with Crippen LogP contribution in [0.1, 0.15) is 31.7 Å². The average Bonchev–Trinajstić information content (AvgIpc) is 3.30. The third-order valence-electron chi connectivity index (χ3n) is 5.82. The van der Waals surface area contributed by atoms with Crippen LogP contribution in [0.2, 0.25) is 10.0 Å². The lowest BCUT2D eigenvalue weighted by atomic mass is 9.96. The van der Waals surface area contributed by atoms with E-state index in [-0.39, 0.29) is 33.7 Å². The lowest BCUT2D eigenvalue weighted by Crippen LogP contribution is -2.45. The highest BCUT2D eigenvalue weighted by Gasteiger charge is 2.29. The Labute approximate surface area is 212 Å². The van der Waals surface area contributed by atoms with Crippen molar-refractivity contribution >= 4 is 50.4 Å². The third-order valence-corrected chi connectivity index (χ3v) is 8.29. The number of sulfonamides is 1. The van der Waals surface area contributed by atoms with E-state index >= 15 is 0 Å². The number of piperidine rings is 1. The van der Waals surface area contributed by atoms with Crippen molar-refractivity contribution in [2.45, 2.75) is 49.8 Å². The van der Waals surface area contributed by atoms with Gasteiger partial charge in [-0.25, -0.2) is 17.8 Å². The van der Waals surface area contributed by atoms with Gasteiger partial charge in [-0.2, -0.15) is 0 Å². The van der Waals surface area contributed by atoms with Gasteiger partial charge in [0.15, 0.2) is 5.82 Å². The van der Waals surface area contributed by atoms with E-state index in [0.717, 1.165) is 25.8 Å². The summed E-state index contributed by atoms with van der Waals surface area (Å²) in [6, 6.07) is 9.24. The van der Waals surface area contributed by atoms with Crippen molar-refractivity contribution in [2.75, 3.05) is 11.3 Å². The van der Waals surface area contributed by atoms with Crippen molar-refractivity contribution in [3.63, 3.8) is 0 Å². The Bertz CT molecular complexity index is 1240. The first kappa shape index (κ1) is 25.2. The molecule has 34 heavy (non-hydrogen) atoms. The Morgan fingerprint density at radius 3 is 2.79 bits per heavy atom. The van der Waals surface area contributed by atoms with E-state index in [1.54, 1.807) is 29.1 Å². The number of thiazole rings is 1. The first-order valence-electron chi connectivity index (χ1n) is 10.8. The number of benzene rings is 2. The van der Waals surface area contributed by atoms with Gasteiger partial charge in [0, 0.05) is 35.1 Å². The van der Waals surface area contributed by atoms with Gasteiger partial charge in [-0.05, 0) is 55.7 Å². The number of ether oxygens (including phenoxy) is 1. The van der Waals surface area contributed by atoms with Gasteiger partial charge in [0.05, 0.1) is 15.4 Å². The molecule has 0 saturated carbocycles. The van der Waals surface area contributed by atoms with E-state index in [1.165, 1.54) is 29.5 Å². The summed E-state index contributed by atoms with van der Waals surface area (Å²) in [6.45, 7) is 3.31. The van der Waals surface area contributed by atoms with E-state index in [2.05, 4.69) is 21.5 Å². The van der Waals surface area contributed by atoms with Crippen LogP contribution in [0.3, 0.4) is 0 Å². The molecule has 1 aliphatic rings. The maximum absolute atomic E-state index is 14.2. The second-order valence-electron chi connectivity index (χ2n) is 8.10. The van der Waals surface area contributed by atoms with Crippen LogP contribution in [0.25, 0.3) is 0 Å². The van der Waals surface area contributed by atoms with Crippen LogP contribution >= 0.6 is 34.5 Å². The van der Waals surface area contributed by atoms with Crippen molar-refractivity contribution in [1.29, 1.82) is 0 Å². The molecule has 0 amide bonds. The molecule has 1 N–H and O–H groups in total. The van der Waals surface area contributed by atoms with Crippen molar-refractivity contribution in [2.24, 2.45) is 0 Å². The van der Waals surface area contributed by atoms with Crippen LogP contribution in [0.4, 0.5) is 10.2 Å². The quantitative estimate of drug-likeness (QED) is 0.365. The van der Waals surface area contributed by atoms with Gasteiger partial charge in [-0.3, -0.25) is 9.62 Å². The molecule has 0 unspecified atom stereocenters. The van der Waals surface area contributed by atoms with Gasteiger partial charge in [0.25, 0.3) is 10.0 Å². The van der Waals surface area contributed by atoms with Gasteiger partial charge in [0.1, 0.15) is 17.7 Å². The summed E-state index contributed by atoms with van der Waals surface area (Å²) in [5.41, 5.74) is 2.12. The molecule has 11 heteroatoms. The largest absolute Gasteiger partial charge is 0.489 e. The molecule has 6 nitrogen and oxygen atoms in total. The summed E-state index contributed by atoms with van der Waals surface area (Å²) in [6.07, 6.45) is 2.29. The van der Waals surface area contributed by atoms with E-state index in [9.17, 15) is 12.8 Å². The molecule has 4 rings (SSSR count). The second kappa shape index (κ2) is 10.8. The fraction of sp³-hybridized carbons (Fsp3) is 0.348. The zero-order chi connectivity index (χ0) is 24.3. The Hall–Kier alpha value is -1.91. The number of hydrogen-bond donors (Lipinski definition) is 1. The van der Waals surface area contributed by atoms with Gasteiger partial charge < -0.3 is 4.74 Å². The highest BCUT2D eigenvalue weighted by molar-refractivity contribution is 7.92. The van der Waals surface area contributed by atoms with Crippen LogP contribution in [0.5, 0.6) is 5.75 Å². The maximum atomic E-state index is 14.2. The maximum Gasteiger partial charge on any atom is 0.263 e. The molecule has 0 bridgehead atoms. The monoisotopic (exact) mass is 543 g/mol. The van der Waals surface area contributed by atoms with Gasteiger partial charge >= 0.3 is 0 Å². The van der Waals surface area contributed by atoms with Gasteiger partial charge in [-0.1, -0.05) is 30.1 Å². The molecular formula is C23H24Cl2FN3O3S2. The molecular weight excluding hydrogens is 520 g/mol. The normalized spacial score (nSPS) is 19.2. The molecule has 0 spiro atoms. The SMILES string of the molecule is CC[C@H]1C[C@H](Oc2ccc(S(=O)(=O)Nc3cscn3)cc2Cl)CCN1Cc1cc(Cl)ccc1F. The summed E-state index contributed by atoms with van der Waals surface area (Å²) < 4.78 is 47.9. The average molecular weight is 545 g/mol. The number of likely N-dealkylation sites (tertiary alicyclic amines) is 1. The van der Waals surface area contributed by atoms with Gasteiger partial charge in [0.2, 0.25) is 0 Å². The van der Waals surface area contributed by atoms with Crippen LogP contribution in [0.15, 0.2) is 52.2 Å². The lowest BCUT2D eigenvalue weighted by Gasteiger charge is -2.39. The zero-order valence-corrected chi connectivity index (χ0v) is 21.5. The minimum atomic E-state index is -3.80. The summed E-state index contributed by atoms with van der Waals surface area (Å²) in [4.78, 5) is 6.22. The van der Waals surface area contributed by atoms with Crippen LogP contribution in [-0.2, 0) is 16.6 Å². The standard InChI is InChI=1S/C23H24Cl2FN3O3S2/c1-2-17-10-18(7-8-29(17)12-15-9-16(24)3-5-21(15)26)32-22-6-4-19(11-20(22)25)34(30,31)28-23-13-33-14-27-23/h3-6,9,11,13-14,17-18,28H,2,7-8,10,12H2,1H3/t17-,18+/m0/s1. The molecule has 0 aliphatic carbocycles. The van der Waals surface area contributed by atoms with E-state index in [4.69, 9.17) is 27.9 Å². The molecule has 3 aromatic rings. The number of hydrogen-bond acceptors (Lipinski definition) is 6. The van der Waals surface area contributed by atoms with Crippen LogP contribution in [0, 0.1) is 5.82 Å². The number of anilines is 1. The molecule has 2 atom stereocenters. The first-order valence-corrected chi connectivity index (χ1v) is 14.0. The van der Waals surface area contributed by atoms with Crippen molar-refractivity contribution in [1.82, 2.24) is 9.88 Å². The van der Waals surface area contributed by atoms with Crippen LogP contribution < -0.4 is 9.46 Å². The predicted octanol–water partition coefficient (Wildman–Crippen LogP) is 6.21. The molecule has 182 valence electrons. The van der Waals surface area contributed by atoms with Crippen molar-refractivity contribution < 1.29 is 17.5 Å². The van der Waals surface area contributed by atoms with Crippen molar-refractivity contribution in [3.8, 4) is 5.75 Å². The Morgan fingerprint density at radius 1 is 1.26 bits per heavy atom. The topological polar surface area (TPSA) is 71.5 Å². The lowest BCUT2D eigenvalue weighted by molar-refractivity contribution is 0.0486. The molecule has 0 radical (unpaired) electrons. The molecule has 1 aromatic heterocycles. The third kappa shape index (κ3) is 6.01. The summed E-state index contributed by atoms with van der Waals surface area (Å²) in [5, 5.41) is 2.34. The Morgan fingerprint density at radius 2 is 2.09 bits per heavy atom. The number of nitrogens with one attached hydrogen (secondary N) is 1. The van der Waals surface area contributed by atoms with Crippen LogP contribution in [-0.4, -0.2) is 37.0 Å². The smallest absolute Gasteiger partial charge is 0.263 e.